The molecule has 0 atom stereocenters. The molecule has 0 aliphatic heterocycles. The van der Waals surface area contributed by atoms with Crippen molar-refractivity contribution in [3.8, 4) is 22.6 Å². The van der Waals surface area contributed by atoms with Crippen LogP contribution in [0.5, 0.6) is 0 Å². The molecule has 7 aromatic carbocycles. The molecule has 11 rings (SSSR count). The molecule has 0 spiro atoms. The van der Waals surface area contributed by atoms with Crippen molar-refractivity contribution in [1.29, 1.82) is 0 Å². The Hall–Kier alpha value is -6.59. The predicted molar refractivity (Wildman–Crippen MR) is 206 cm³/mol. The van der Waals surface area contributed by atoms with Gasteiger partial charge in [0.25, 0.3) is 0 Å². The maximum absolute atomic E-state index is 6.42. The van der Waals surface area contributed by atoms with Gasteiger partial charge in [-0.1, -0.05) is 80.6 Å². The number of para-hydroxylation sites is 1. The van der Waals surface area contributed by atoms with Gasteiger partial charge in [-0.05, 0) is 89.0 Å². The SMILES string of the molecule is CC1(C)c2ccccc2-c2cc(N(c3ccc4c(c3)oc3ccccc34)c3ccc4oc5cc6nc(-c7ccccc7)oc6cc5c4c3)ccc21. The number of benzene rings is 7. The standard InChI is InChI=1S/C46H30N2O3/c1-46(2)37-14-8-6-12-31(37)34-22-28(17-20-38(34)46)48(30-16-19-33-32-13-7-9-15-40(32)49-42(33)24-30)29-18-21-41-35(23-29)36-25-44-39(26-43(36)50-41)47-45(51-44)27-10-4-3-5-11-27/h3-26H,1-2H3. The van der Waals surface area contributed by atoms with Crippen LogP contribution < -0.4 is 4.90 Å². The lowest BCUT2D eigenvalue weighted by atomic mass is 9.82. The fourth-order valence-electron chi connectivity index (χ4n) is 8.18. The van der Waals surface area contributed by atoms with Crippen molar-refractivity contribution < 1.29 is 13.3 Å². The van der Waals surface area contributed by atoms with Crippen LogP contribution in [0.1, 0.15) is 25.0 Å². The third-order valence-corrected chi connectivity index (χ3v) is 10.7. The Morgan fingerprint density at radius 1 is 0.451 bits per heavy atom. The Bertz CT molecular complexity index is 3020. The number of hydrogen-bond donors (Lipinski definition) is 0. The summed E-state index contributed by atoms with van der Waals surface area (Å²) in [7, 11) is 0. The van der Waals surface area contributed by atoms with Crippen LogP contribution in [0.2, 0.25) is 0 Å². The second-order valence-corrected chi connectivity index (χ2v) is 14.0. The highest BCUT2D eigenvalue weighted by Crippen LogP contribution is 2.51. The molecular weight excluding hydrogens is 629 g/mol. The minimum Gasteiger partial charge on any atom is -0.456 e. The maximum Gasteiger partial charge on any atom is 0.227 e. The van der Waals surface area contributed by atoms with Crippen molar-refractivity contribution >= 4 is 72.0 Å². The fourth-order valence-corrected chi connectivity index (χ4v) is 8.18. The molecule has 0 N–H and O–H groups in total. The largest absolute Gasteiger partial charge is 0.456 e. The second kappa shape index (κ2) is 10.2. The average molecular weight is 659 g/mol. The molecule has 5 nitrogen and oxygen atoms in total. The minimum absolute atomic E-state index is 0.0798. The normalized spacial score (nSPS) is 13.5. The van der Waals surface area contributed by atoms with Gasteiger partial charge in [-0.15, -0.1) is 0 Å². The second-order valence-electron chi connectivity index (χ2n) is 14.0. The highest BCUT2D eigenvalue weighted by atomic mass is 16.4. The van der Waals surface area contributed by atoms with Gasteiger partial charge < -0.3 is 18.2 Å². The van der Waals surface area contributed by atoms with Crippen molar-refractivity contribution in [3.63, 3.8) is 0 Å². The molecule has 10 aromatic rings. The minimum atomic E-state index is -0.0798. The molecule has 0 bridgehead atoms. The zero-order chi connectivity index (χ0) is 33.8. The van der Waals surface area contributed by atoms with Crippen molar-refractivity contribution in [2.24, 2.45) is 0 Å². The summed E-state index contributed by atoms with van der Waals surface area (Å²) in [6.45, 7) is 4.63. The molecule has 0 fully saturated rings. The van der Waals surface area contributed by atoms with E-state index in [4.69, 9.17) is 18.2 Å². The summed E-state index contributed by atoms with van der Waals surface area (Å²) in [6, 6.07) is 50.8. The third kappa shape index (κ3) is 4.12. The number of hydrogen-bond acceptors (Lipinski definition) is 5. The monoisotopic (exact) mass is 658 g/mol. The van der Waals surface area contributed by atoms with Gasteiger partial charge in [0, 0.05) is 61.7 Å². The quantitative estimate of drug-likeness (QED) is 0.188. The molecule has 5 heteroatoms. The highest BCUT2D eigenvalue weighted by Gasteiger charge is 2.35. The third-order valence-electron chi connectivity index (χ3n) is 10.7. The van der Waals surface area contributed by atoms with Crippen LogP contribution in [0.25, 0.3) is 77.6 Å². The van der Waals surface area contributed by atoms with Gasteiger partial charge in [0.1, 0.15) is 27.8 Å². The average Bonchev–Trinajstić information content (AvgIpc) is 3.91. The molecule has 0 saturated heterocycles. The number of fused-ring (bicyclic) bond motifs is 10. The topological polar surface area (TPSA) is 55.6 Å². The molecule has 3 aromatic heterocycles. The summed E-state index contributed by atoms with van der Waals surface area (Å²) >= 11 is 0. The molecule has 3 heterocycles. The summed E-state index contributed by atoms with van der Waals surface area (Å²) in [5.41, 5.74) is 14.0. The van der Waals surface area contributed by atoms with Gasteiger partial charge in [-0.25, -0.2) is 4.98 Å². The van der Waals surface area contributed by atoms with Gasteiger partial charge in [0.05, 0.1) is 0 Å². The van der Waals surface area contributed by atoms with Crippen molar-refractivity contribution in [2.45, 2.75) is 19.3 Å². The molecule has 0 saturated carbocycles. The Morgan fingerprint density at radius 2 is 1.10 bits per heavy atom. The lowest BCUT2D eigenvalue weighted by Crippen LogP contribution is -2.15. The Labute approximate surface area is 293 Å². The lowest BCUT2D eigenvalue weighted by Gasteiger charge is -2.27. The molecule has 1 aliphatic carbocycles. The predicted octanol–water partition coefficient (Wildman–Crippen LogP) is 13.1. The zero-order valence-electron chi connectivity index (χ0n) is 28.0. The smallest absolute Gasteiger partial charge is 0.227 e. The first-order valence-corrected chi connectivity index (χ1v) is 17.3. The van der Waals surface area contributed by atoms with E-state index in [1.54, 1.807) is 0 Å². The van der Waals surface area contributed by atoms with Gasteiger partial charge >= 0.3 is 0 Å². The van der Waals surface area contributed by atoms with Gasteiger partial charge in [0.15, 0.2) is 5.58 Å². The Morgan fingerprint density at radius 3 is 2.00 bits per heavy atom. The van der Waals surface area contributed by atoms with Crippen LogP contribution in [0, 0.1) is 0 Å². The van der Waals surface area contributed by atoms with Crippen LogP contribution in [-0.2, 0) is 5.41 Å². The summed E-state index contributed by atoms with van der Waals surface area (Å²) in [6.07, 6.45) is 0. The zero-order valence-corrected chi connectivity index (χ0v) is 28.0. The van der Waals surface area contributed by atoms with Crippen molar-refractivity contribution in [1.82, 2.24) is 4.98 Å². The van der Waals surface area contributed by atoms with E-state index in [2.05, 4.69) is 116 Å². The van der Waals surface area contributed by atoms with E-state index >= 15 is 0 Å². The van der Waals surface area contributed by atoms with Crippen LogP contribution in [0.3, 0.4) is 0 Å². The highest BCUT2D eigenvalue weighted by molar-refractivity contribution is 6.11. The van der Waals surface area contributed by atoms with E-state index in [1.807, 2.05) is 48.5 Å². The number of rotatable bonds is 4. The molecule has 1 aliphatic rings. The van der Waals surface area contributed by atoms with Crippen molar-refractivity contribution in [3.05, 3.63) is 157 Å². The van der Waals surface area contributed by atoms with E-state index < -0.39 is 0 Å². The van der Waals surface area contributed by atoms with Crippen LogP contribution in [0.4, 0.5) is 17.1 Å². The van der Waals surface area contributed by atoms with E-state index in [0.29, 0.717) is 5.89 Å². The van der Waals surface area contributed by atoms with E-state index in [9.17, 15) is 0 Å². The Kier molecular flexibility index (Phi) is 5.66. The lowest BCUT2D eigenvalue weighted by molar-refractivity contribution is 0.620. The molecule has 0 amide bonds. The van der Waals surface area contributed by atoms with Crippen molar-refractivity contribution in [2.75, 3.05) is 4.90 Å². The number of oxazole rings is 1. The Balaban J connectivity index is 1.12. The first-order valence-electron chi connectivity index (χ1n) is 17.3. The van der Waals surface area contributed by atoms with E-state index in [-0.39, 0.29) is 5.41 Å². The maximum atomic E-state index is 6.42. The van der Waals surface area contributed by atoms with Gasteiger partial charge in [-0.3, -0.25) is 0 Å². The summed E-state index contributed by atoms with van der Waals surface area (Å²) in [5, 5.41) is 4.19. The molecule has 242 valence electrons. The first-order chi connectivity index (χ1) is 25.0. The molecule has 0 radical (unpaired) electrons. The van der Waals surface area contributed by atoms with Gasteiger partial charge in [-0.2, -0.15) is 0 Å². The number of furan rings is 2. The summed E-state index contributed by atoms with van der Waals surface area (Å²) < 4.78 is 19.1. The van der Waals surface area contributed by atoms with Crippen LogP contribution >= 0.6 is 0 Å². The number of aromatic nitrogens is 1. The number of nitrogens with zero attached hydrogens (tertiary/aromatic N) is 2. The summed E-state index contributed by atoms with van der Waals surface area (Å²) in [5.74, 6) is 0.594. The summed E-state index contributed by atoms with van der Waals surface area (Å²) in [4.78, 5) is 7.10. The molecule has 51 heavy (non-hydrogen) atoms. The molecule has 0 unspecified atom stereocenters. The molecular formula is C46H30N2O3. The van der Waals surface area contributed by atoms with Crippen LogP contribution in [0.15, 0.2) is 159 Å². The van der Waals surface area contributed by atoms with E-state index in [0.717, 1.165) is 77.6 Å². The van der Waals surface area contributed by atoms with Gasteiger partial charge in [0.2, 0.25) is 5.89 Å². The number of anilines is 3. The van der Waals surface area contributed by atoms with Crippen LogP contribution in [-0.4, -0.2) is 4.98 Å². The van der Waals surface area contributed by atoms with E-state index in [1.165, 1.54) is 22.3 Å². The fraction of sp³-hybridized carbons (Fsp3) is 0.0652. The first kappa shape index (κ1) is 28.3.